The molecular weight excluding hydrogens is 258 g/mol. The van der Waals surface area contributed by atoms with Gasteiger partial charge in [-0.05, 0) is 18.6 Å². The number of carboxylic acids is 1. The van der Waals surface area contributed by atoms with Crippen LogP contribution in [0.4, 0.5) is 0 Å². The molecule has 1 aliphatic rings. The second-order valence-corrected chi connectivity index (χ2v) is 4.68. The molecule has 20 heavy (non-hydrogen) atoms. The van der Waals surface area contributed by atoms with E-state index >= 15 is 0 Å². The molecule has 0 radical (unpaired) electrons. The van der Waals surface area contributed by atoms with E-state index in [1.165, 1.54) is 6.08 Å². The number of hydrogen-bond donors (Lipinski definition) is 1. The van der Waals surface area contributed by atoms with Gasteiger partial charge in [0.1, 0.15) is 5.75 Å². The second kappa shape index (κ2) is 6.23. The number of likely N-dealkylation sites (tertiary alicyclic amines) is 1. The molecule has 1 aliphatic heterocycles. The standard InChI is InChI=1S/C15H17NO4/c1-20-13-5-3-2-4-11(13)6-7-14(17)16-9-8-12(10-16)15(18)19/h2-7,12H,8-10H2,1H3,(H,18,19)/b7-6+. The summed E-state index contributed by atoms with van der Waals surface area (Å²) in [5.74, 6) is -0.756. The van der Waals surface area contributed by atoms with Gasteiger partial charge >= 0.3 is 5.97 Å². The lowest BCUT2D eigenvalue weighted by Crippen LogP contribution is -2.28. The Balaban J connectivity index is 2.01. The van der Waals surface area contributed by atoms with Crippen molar-refractivity contribution in [3.8, 4) is 5.75 Å². The zero-order valence-corrected chi connectivity index (χ0v) is 11.3. The van der Waals surface area contributed by atoms with Crippen LogP contribution >= 0.6 is 0 Å². The number of para-hydroxylation sites is 1. The SMILES string of the molecule is COc1ccccc1/C=C/C(=O)N1CCC(C(=O)O)C1. The fraction of sp³-hybridized carbons (Fsp3) is 0.333. The Morgan fingerprint density at radius 1 is 1.40 bits per heavy atom. The van der Waals surface area contributed by atoms with Gasteiger partial charge in [0.15, 0.2) is 0 Å². The molecule has 2 rings (SSSR count). The first-order chi connectivity index (χ1) is 9.61. The van der Waals surface area contributed by atoms with Crippen molar-refractivity contribution in [2.45, 2.75) is 6.42 Å². The van der Waals surface area contributed by atoms with Crippen LogP contribution in [0.2, 0.25) is 0 Å². The summed E-state index contributed by atoms with van der Waals surface area (Å²) in [5, 5.41) is 8.92. The van der Waals surface area contributed by atoms with E-state index in [-0.39, 0.29) is 12.5 Å². The monoisotopic (exact) mass is 275 g/mol. The molecule has 5 heteroatoms. The van der Waals surface area contributed by atoms with Crippen molar-refractivity contribution in [3.05, 3.63) is 35.9 Å². The molecule has 1 aromatic rings. The van der Waals surface area contributed by atoms with Crippen LogP contribution in [0.3, 0.4) is 0 Å². The van der Waals surface area contributed by atoms with E-state index in [9.17, 15) is 9.59 Å². The zero-order valence-electron chi connectivity index (χ0n) is 11.3. The molecule has 1 aromatic carbocycles. The predicted molar refractivity (Wildman–Crippen MR) is 74.4 cm³/mol. The highest BCUT2D eigenvalue weighted by Gasteiger charge is 2.29. The van der Waals surface area contributed by atoms with Crippen molar-refractivity contribution in [1.82, 2.24) is 4.90 Å². The number of aliphatic carboxylic acids is 1. The van der Waals surface area contributed by atoms with Gasteiger partial charge < -0.3 is 14.7 Å². The van der Waals surface area contributed by atoms with E-state index in [4.69, 9.17) is 9.84 Å². The van der Waals surface area contributed by atoms with E-state index in [1.807, 2.05) is 24.3 Å². The first-order valence-corrected chi connectivity index (χ1v) is 6.44. The fourth-order valence-corrected chi connectivity index (χ4v) is 2.23. The Labute approximate surface area is 117 Å². The van der Waals surface area contributed by atoms with Crippen molar-refractivity contribution in [2.24, 2.45) is 5.92 Å². The Kier molecular flexibility index (Phi) is 4.40. The summed E-state index contributed by atoms with van der Waals surface area (Å²) >= 11 is 0. The minimum Gasteiger partial charge on any atom is -0.496 e. The molecule has 106 valence electrons. The number of methoxy groups -OCH3 is 1. The topological polar surface area (TPSA) is 66.8 Å². The molecule has 1 amide bonds. The summed E-state index contributed by atoms with van der Waals surface area (Å²) in [6.07, 6.45) is 3.67. The second-order valence-electron chi connectivity index (χ2n) is 4.68. The highest BCUT2D eigenvalue weighted by Crippen LogP contribution is 2.20. The van der Waals surface area contributed by atoms with Crippen molar-refractivity contribution in [2.75, 3.05) is 20.2 Å². The number of hydrogen-bond acceptors (Lipinski definition) is 3. The van der Waals surface area contributed by atoms with E-state index in [0.717, 1.165) is 5.56 Å². The number of carbonyl (C=O) groups is 2. The highest BCUT2D eigenvalue weighted by molar-refractivity contribution is 5.92. The van der Waals surface area contributed by atoms with Crippen LogP contribution in [0, 0.1) is 5.92 Å². The molecule has 0 aromatic heterocycles. The van der Waals surface area contributed by atoms with Gasteiger partial charge in [-0.1, -0.05) is 18.2 Å². The van der Waals surface area contributed by atoms with Crippen molar-refractivity contribution < 1.29 is 19.4 Å². The molecule has 0 bridgehead atoms. The summed E-state index contributed by atoms with van der Waals surface area (Å²) in [5.41, 5.74) is 0.817. The maximum absolute atomic E-state index is 12.0. The molecule has 1 saturated heterocycles. The first-order valence-electron chi connectivity index (χ1n) is 6.44. The number of carbonyl (C=O) groups excluding carboxylic acids is 1. The van der Waals surface area contributed by atoms with Gasteiger partial charge in [-0.3, -0.25) is 9.59 Å². The van der Waals surface area contributed by atoms with Crippen LogP contribution in [-0.2, 0) is 9.59 Å². The van der Waals surface area contributed by atoms with Crippen molar-refractivity contribution >= 4 is 18.0 Å². The van der Waals surface area contributed by atoms with Crippen LogP contribution in [0.15, 0.2) is 30.3 Å². The van der Waals surface area contributed by atoms with Crippen LogP contribution < -0.4 is 4.74 Å². The lowest BCUT2D eigenvalue weighted by atomic mass is 10.1. The van der Waals surface area contributed by atoms with Gasteiger partial charge in [-0.25, -0.2) is 0 Å². The Morgan fingerprint density at radius 2 is 2.15 bits per heavy atom. The van der Waals surface area contributed by atoms with E-state index in [0.29, 0.717) is 18.7 Å². The number of benzene rings is 1. The average Bonchev–Trinajstić information content (AvgIpc) is 2.95. The van der Waals surface area contributed by atoms with Gasteiger partial charge in [0.25, 0.3) is 0 Å². The van der Waals surface area contributed by atoms with E-state index in [2.05, 4.69) is 0 Å². The van der Waals surface area contributed by atoms with Crippen molar-refractivity contribution in [3.63, 3.8) is 0 Å². The van der Waals surface area contributed by atoms with Crippen LogP contribution in [0.25, 0.3) is 6.08 Å². The lowest BCUT2D eigenvalue weighted by Gasteiger charge is -2.13. The molecule has 5 nitrogen and oxygen atoms in total. The summed E-state index contributed by atoms with van der Waals surface area (Å²) in [6.45, 7) is 0.774. The van der Waals surface area contributed by atoms with Gasteiger partial charge in [0.2, 0.25) is 5.91 Å². The van der Waals surface area contributed by atoms with E-state index < -0.39 is 11.9 Å². The summed E-state index contributed by atoms with van der Waals surface area (Å²) < 4.78 is 5.20. The van der Waals surface area contributed by atoms with Gasteiger partial charge in [-0.15, -0.1) is 0 Å². The number of carboxylic acid groups (broad SMARTS) is 1. The third-order valence-electron chi connectivity index (χ3n) is 3.39. The number of ether oxygens (including phenoxy) is 1. The smallest absolute Gasteiger partial charge is 0.308 e. The third kappa shape index (κ3) is 3.17. The maximum Gasteiger partial charge on any atom is 0.308 e. The Hall–Kier alpha value is -2.30. The normalized spacial score (nSPS) is 18.4. The average molecular weight is 275 g/mol. The van der Waals surface area contributed by atoms with Crippen LogP contribution in [0.5, 0.6) is 5.75 Å². The molecule has 1 N–H and O–H groups in total. The van der Waals surface area contributed by atoms with Crippen LogP contribution in [-0.4, -0.2) is 42.1 Å². The minimum absolute atomic E-state index is 0.167. The number of nitrogens with zero attached hydrogens (tertiary/aromatic N) is 1. The van der Waals surface area contributed by atoms with Gasteiger partial charge in [-0.2, -0.15) is 0 Å². The third-order valence-corrected chi connectivity index (χ3v) is 3.39. The van der Waals surface area contributed by atoms with Gasteiger partial charge in [0, 0.05) is 24.7 Å². The minimum atomic E-state index is -0.839. The first kappa shape index (κ1) is 14.1. The molecule has 1 heterocycles. The molecule has 0 spiro atoms. The predicted octanol–water partition coefficient (Wildman–Crippen LogP) is 1.64. The van der Waals surface area contributed by atoms with E-state index in [1.54, 1.807) is 18.1 Å². The molecular formula is C15H17NO4. The summed E-state index contributed by atoms with van der Waals surface area (Å²) in [6, 6.07) is 7.39. The van der Waals surface area contributed by atoms with Crippen molar-refractivity contribution in [1.29, 1.82) is 0 Å². The molecule has 1 unspecified atom stereocenters. The lowest BCUT2D eigenvalue weighted by molar-refractivity contribution is -0.141. The van der Waals surface area contributed by atoms with Crippen LogP contribution in [0.1, 0.15) is 12.0 Å². The highest BCUT2D eigenvalue weighted by atomic mass is 16.5. The molecule has 0 aliphatic carbocycles. The number of rotatable bonds is 4. The molecule has 1 fully saturated rings. The zero-order chi connectivity index (χ0) is 14.5. The quantitative estimate of drug-likeness (QED) is 0.848. The Bertz CT molecular complexity index is 538. The van der Waals surface area contributed by atoms with Gasteiger partial charge in [0.05, 0.1) is 13.0 Å². The fourth-order valence-electron chi connectivity index (χ4n) is 2.23. The Morgan fingerprint density at radius 3 is 2.80 bits per heavy atom. The largest absolute Gasteiger partial charge is 0.496 e. The molecule has 1 atom stereocenters. The summed E-state index contributed by atoms with van der Waals surface area (Å²) in [4.78, 5) is 24.4. The number of amides is 1. The maximum atomic E-state index is 12.0. The summed E-state index contributed by atoms with van der Waals surface area (Å²) in [7, 11) is 1.58. The molecule has 0 saturated carbocycles.